The highest BCUT2D eigenvalue weighted by Gasteiger charge is 2.62. The fourth-order valence-corrected chi connectivity index (χ4v) is 7.40. The highest BCUT2D eigenvalue weighted by Crippen LogP contribution is 2.65. The van der Waals surface area contributed by atoms with Crippen molar-refractivity contribution in [1.29, 1.82) is 0 Å². The number of carbonyl (C=O) groups excluding carboxylic acids is 2. The third-order valence-corrected chi connectivity index (χ3v) is 8.76. The summed E-state index contributed by atoms with van der Waals surface area (Å²) in [7, 11) is 0. The van der Waals surface area contributed by atoms with Crippen LogP contribution in [0.3, 0.4) is 0 Å². The van der Waals surface area contributed by atoms with E-state index in [1.807, 2.05) is 0 Å². The summed E-state index contributed by atoms with van der Waals surface area (Å²) in [5, 5.41) is 3.58. The molecule has 0 aliphatic heterocycles. The first-order chi connectivity index (χ1) is 13.7. The fraction of sp³-hybridized carbons (Fsp3) is 0.826. The van der Waals surface area contributed by atoms with E-state index in [2.05, 4.69) is 25.1 Å². The van der Waals surface area contributed by atoms with Crippen LogP contribution in [0.4, 0.5) is 0 Å². The molecule has 6 nitrogen and oxygen atoms in total. The van der Waals surface area contributed by atoms with Gasteiger partial charge in [-0.1, -0.05) is 30.7 Å². The molecule has 8 atom stereocenters. The molecule has 4 aliphatic carbocycles. The van der Waals surface area contributed by atoms with Gasteiger partial charge in [-0.2, -0.15) is 4.91 Å². The van der Waals surface area contributed by atoms with Crippen molar-refractivity contribution in [3.05, 3.63) is 16.6 Å². The summed E-state index contributed by atoms with van der Waals surface area (Å²) in [6.45, 7) is 7.52. The third-order valence-electron chi connectivity index (χ3n) is 8.76. The topological polar surface area (TPSA) is 82.0 Å². The van der Waals surface area contributed by atoms with Crippen molar-refractivity contribution in [1.82, 2.24) is 0 Å². The smallest absolute Gasteiger partial charge is 0.302 e. The summed E-state index contributed by atoms with van der Waals surface area (Å²) >= 11 is 0. The monoisotopic (exact) mass is 403 g/mol. The Morgan fingerprint density at radius 3 is 2.38 bits per heavy atom. The average molecular weight is 404 g/mol. The Hall–Kier alpha value is -1.72. The average Bonchev–Trinajstić information content (AvgIpc) is 2.97. The Morgan fingerprint density at radius 1 is 1.00 bits per heavy atom. The molecule has 29 heavy (non-hydrogen) atoms. The minimum atomic E-state index is -0.347. The van der Waals surface area contributed by atoms with Gasteiger partial charge in [-0.25, -0.2) is 0 Å². The van der Waals surface area contributed by atoms with Gasteiger partial charge in [-0.05, 0) is 61.7 Å². The van der Waals surface area contributed by atoms with Crippen LogP contribution in [0, 0.1) is 33.5 Å². The van der Waals surface area contributed by atoms with E-state index in [1.165, 1.54) is 19.4 Å². The minimum Gasteiger partial charge on any atom is -0.462 e. The molecule has 0 aromatic heterocycles. The predicted octanol–water partition coefficient (Wildman–Crippen LogP) is 4.56. The summed E-state index contributed by atoms with van der Waals surface area (Å²) in [5.41, 5.74) is 1.20. The lowest BCUT2D eigenvalue weighted by Crippen LogP contribution is -2.55. The Labute approximate surface area is 172 Å². The summed E-state index contributed by atoms with van der Waals surface area (Å²) < 4.78 is 11.2. The van der Waals surface area contributed by atoms with Gasteiger partial charge in [0.05, 0.1) is 0 Å². The molecule has 0 spiro atoms. The van der Waals surface area contributed by atoms with Gasteiger partial charge in [0, 0.05) is 25.7 Å². The summed E-state index contributed by atoms with van der Waals surface area (Å²) in [5.74, 6) is 0.483. The molecule has 4 rings (SSSR count). The molecule has 0 aromatic rings. The van der Waals surface area contributed by atoms with E-state index in [9.17, 15) is 14.5 Å². The van der Waals surface area contributed by atoms with Crippen LogP contribution in [-0.4, -0.2) is 30.2 Å². The van der Waals surface area contributed by atoms with Crippen LogP contribution in [0.2, 0.25) is 0 Å². The predicted molar refractivity (Wildman–Crippen MR) is 108 cm³/mol. The van der Waals surface area contributed by atoms with Gasteiger partial charge in [-0.3, -0.25) is 9.59 Å². The van der Waals surface area contributed by atoms with E-state index in [0.29, 0.717) is 18.3 Å². The first-order valence-corrected chi connectivity index (χ1v) is 11.1. The Bertz CT molecular complexity index is 748. The number of esters is 2. The van der Waals surface area contributed by atoms with Gasteiger partial charge < -0.3 is 9.47 Å². The van der Waals surface area contributed by atoms with Crippen LogP contribution in [0.25, 0.3) is 0 Å². The van der Waals surface area contributed by atoms with Crippen LogP contribution < -0.4 is 0 Å². The molecule has 3 saturated carbocycles. The van der Waals surface area contributed by atoms with Crippen molar-refractivity contribution in [2.24, 2.45) is 33.8 Å². The number of hydrogen-bond donors (Lipinski definition) is 0. The van der Waals surface area contributed by atoms with Crippen LogP contribution in [-0.2, 0) is 19.1 Å². The largest absolute Gasteiger partial charge is 0.462 e. The molecule has 0 N–H and O–H groups in total. The van der Waals surface area contributed by atoms with Crippen molar-refractivity contribution in [3.8, 4) is 0 Å². The molecule has 1 unspecified atom stereocenters. The first-order valence-electron chi connectivity index (χ1n) is 11.1. The SMILES string of the molecule is CC(=O)O[C@H]1CC[C@@]2(C)C(=CC(N=O)[C@H]3[C@@H]4CC[C@H](OC(C)=O)[C@@]4(C)CC[C@@H]32)C1. The molecule has 4 aliphatic rings. The number of ether oxygens (including phenoxy) is 2. The summed E-state index contributed by atoms with van der Waals surface area (Å²) in [6, 6.07) is -0.347. The second-order valence-electron chi connectivity index (χ2n) is 10.2. The normalized spacial score (nSPS) is 45.9. The van der Waals surface area contributed by atoms with Crippen LogP contribution in [0.1, 0.15) is 72.6 Å². The maximum atomic E-state index is 11.9. The Balaban J connectivity index is 1.65. The van der Waals surface area contributed by atoms with E-state index in [4.69, 9.17) is 9.47 Å². The van der Waals surface area contributed by atoms with Crippen molar-refractivity contribution >= 4 is 11.9 Å². The zero-order chi connectivity index (χ0) is 21.0. The molecule has 0 amide bonds. The molecule has 6 heteroatoms. The quantitative estimate of drug-likeness (QED) is 0.392. The van der Waals surface area contributed by atoms with Gasteiger partial charge in [0.2, 0.25) is 0 Å². The highest BCUT2D eigenvalue weighted by molar-refractivity contribution is 5.66. The number of rotatable bonds is 3. The molecule has 0 saturated heterocycles. The van der Waals surface area contributed by atoms with E-state index in [-0.39, 0.29) is 46.9 Å². The van der Waals surface area contributed by atoms with Crippen molar-refractivity contribution in [3.63, 3.8) is 0 Å². The van der Waals surface area contributed by atoms with E-state index >= 15 is 0 Å². The zero-order valence-corrected chi connectivity index (χ0v) is 18.0. The van der Waals surface area contributed by atoms with Gasteiger partial charge in [0.25, 0.3) is 0 Å². The van der Waals surface area contributed by atoms with Crippen LogP contribution in [0.15, 0.2) is 16.8 Å². The second kappa shape index (κ2) is 7.21. The van der Waals surface area contributed by atoms with E-state index in [0.717, 1.165) is 38.5 Å². The molecule has 0 bridgehead atoms. The van der Waals surface area contributed by atoms with Gasteiger partial charge in [-0.15, -0.1) is 0 Å². The number of fused-ring (bicyclic) bond motifs is 5. The van der Waals surface area contributed by atoms with Crippen LogP contribution in [0.5, 0.6) is 0 Å². The molecule has 160 valence electrons. The summed E-state index contributed by atoms with van der Waals surface area (Å²) in [6.07, 6.45) is 8.38. The van der Waals surface area contributed by atoms with E-state index < -0.39 is 0 Å². The lowest BCUT2D eigenvalue weighted by Gasteiger charge is -2.58. The zero-order valence-electron chi connectivity index (χ0n) is 18.0. The van der Waals surface area contributed by atoms with Crippen molar-refractivity contribution in [2.45, 2.75) is 90.9 Å². The fourth-order valence-electron chi connectivity index (χ4n) is 7.40. The molecule has 3 fully saturated rings. The van der Waals surface area contributed by atoms with E-state index in [1.54, 1.807) is 0 Å². The number of hydrogen-bond acceptors (Lipinski definition) is 6. The van der Waals surface area contributed by atoms with Gasteiger partial charge in [0.1, 0.15) is 18.2 Å². The van der Waals surface area contributed by atoms with Gasteiger partial charge >= 0.3 is 11.9 Å². The summed E-state index contributed by atoms with van der Waals surface area (Å²) in [4.78, 5) is 35.0. The molecule has 0 heterocycles. The molecular formula is C23H33NO5. The lowest BCUT2D eigenvalue weighted by atomic mass is 9.47. The maximum absolute atomic E-state index is 11.9. The maximum Gasteiger partial charge on any atom is 0.302 e. The number of nitroso groups, excluding NO2 is 1. The van der Waals surface area contributed by atoms with Crippen LogP contribution >= 0.6 is 0 Å². The Morgan fingerprint density at radius 2 is 1.72 bits per heavy atom. The lowest BCUT2D eigenvalue weighted by molar-refractivity contribution is -0.157. The number of carbonyl (C=O) groups is 2. The van der Waals surface area contributed by atoms with Gasteiger partial charge in [0.15, 0.2) is 0 Å². The first kappa shape index (κ1) is 20.5. The highest BCUT2D eigenvalue weighted by atomic mass is 16.5. The molecule has 0 aromatic carbocycles. The Kier molecular flexibility index (Phi) is 5.11. The molecular weight excluding hydrogens is 370 g/mol. The second-order valence-corrected chi connectivity index (χ2v) is 10.2. The van der Waals surface area contributed by atoms with Crippen molar-refractivity contribution < 1.29 is 19.1 Å². The standard InChI is InChI=1S/C23H33NO5/c1-13(25)28-16-7-9-22(3)15(11-16)12-19(24-27)21-17-5-6-20(29-14(2)26)23(17,4)10-8-18(21)22/h12,16-21H,5-11H2,1-4H3/t16-,17-,18-,19?,20-,21-,22-,23-/m0/s1. The minimum absolute atomic E-state index is 0.0311. The number of nitrogens with zero attached hydrogens (tertiary/aromatic N) is 1. The van der Waals surface area contributed by atoms with Crippen molar-refractivity contribution in [2.75, 3.05) is 0 Å². The molecule has 0 radical (unpaired) electrons. The third kappa shape index (κ3) is 3.23.